The maximum atomic E-state index is 5.97. The molecule has 0 saturated heterocycles. The molecule has 5 heteroatoms. The lowest BCUT2D eigenvalue weighted by atomic mass is 10.1. The van der Waals surface area contributed by atoms with Crippen LogP contribution in [0.4, 0.5) is 5.69 Å². The summed E-state index contributed by atoms with van der Waals surface area (Å²) in [4.78, 5) is 5.75. The number of aliphatic imine (C=N–C) groups is 1. The molecule has 1 atom stereocenters. The van der Waals surface area contributed by atoms with Crippen molar-refractivity contribution in [1.29, 1.82) is 0 Å². The molecule has 1 heterocycles. The Balaban J connectivity index is 1.97. The Labute approximate surface area is 129 Å². The molecule has 21 heavy (non-hydrogen) atoms. The standard InChI is InChI=1S/C16H21N3OS/c1-12(15-8-5-9-21-15)10-18-16(17)19-14-7-4-3-6-13(14)11-20-2/h3-9,12H,10-11H2,1-2H3,(H3,17,18,19). The van der Waals surface area contributed by atoms with Crippen molar-refractivity contribution < 1.29 is 4.74 Å². The number of ether oxygens (including phenoxy) is 1. The Morgan fingerprint density at radius 2 is 2.14 bits per heavy atom. The summed E-state index contributed by atoms with van der Waals surface area (Å²) in [7, 11) is 1.68. The van der Waals surface area contributed by atoms with Gasteiger partial charge >= 0.3 is 0 Å². The van der Waals surface area contributed by atoms with Gasteiger partial charge in [-0.2, -0.15) is 0 Å². The van der Waals surface area contributed by atoms with Crippen molar-refractivity contribution in [2.45, 2.75) is 19.4 Å². The average Bonchev–Trinajstić information content (AvgIpc) is 3.01. The summed E-state index contributed by atoms with van der Waals surface area (Å²) in [6, 6.07) is 12.1. The first-order valence-corrected chi connectivity index (χ1v) is 7.76. The number of methoxy groups -OCH3 is 1. The molecule has 112 valence electrons. The Morgan fingerprint density at radius 3 is 2.86 bits per heavy atom. The van der Waals surface area contributed by atoms with Crippen LogP contribution in [0.1, 0.15) is 23.3 Å². The fraction of sp³-hybridized carbons (Fsp3) is 0.312. The highest BCUT2D eigenvalue weighted by molar-refractivity contribution is 7.10. The number of nitrogens with zero attached hydrogens (tertiary/aromatic N) is 1. The Kier molecular flexibility index (Phi) is 5.78. The fourth-order valence-electron chi connectivity index (χ4n) is 2.00. The zero-order valence-electron chi connectivity index (χ0n) is 12.4. The molecule has 1 unspecified atom stereocenters. The molecule has 0 aliphatic heterocycles. The van der Waals surface area contributed by atoms with Gasteiger partial charge in [-0.25, -0.2) is 0 Å². The van der Waals surface area contributed by atoms with Gasteiger partial charge in [0.25, 0.3) is 0 Å². The molecule has 2 aromatic rings. The third-order valence-electron chi connectivity index (χ3n) is 3.14. The van der Waals surface area contributed by atoms with Crippen LogP contribution in [0.25, 0.3) is 0 Å². The lowest BCUT2D eigenvalue weighted by Gasteiger charge is -2.12. The largest absolute Gasteiger partial charge is 0.380 e. The van der Waals surface area contributed by atoms with Crippen LogP contribution in [0.5, 0.6) is 0 Å². The molecule has 3 N–H and O–H groups in total. The lowest BCUT2D eigenvalue weighted by Crippen LogP contribution is -2.24. The summed E-state index contributed by atoms with van der Waals surface area (Å²) in [5, 5.41) is 5.23. The fourth-order valence-corrected chi connectivity index (χ4v) is 2.78. The van der Waals surface area contributed by atoms with Crippen molar-refractivity contribution in [3.63, 3.8) is 0 Å². The SMILES string of the molecule is COCc1ccccc1NC(N)=NCC(C)c1cccs1. The molecule has 0 radical (unpaired) electrons. The molecule has 1 aromatic carbocycles. The van der Waals surface area contributed by atoms with E-state index >= 15 is 0 Å². The highest BCUT2D eigenvalue weighted by Gasteiger charge is 2.06. The van der Waals surface area contributed by atoms with Gasteiger partial charge < -0.3 is 15.8 Å². The Morgan fingerprint density at radius 1 is 1.33 bits per heavy atom. The second kappa shape index (κ2) is 7.81. The van der Waals surface area contributed by atoms with Gasteiger partial charge in [-0.05, 0) is 17.5 Å². The van der Waals surface area contributed by atoms with E-state index in [1.807, 2.05) is 24.3 Å². The highest BCUT2D eigenvalue weighted by Crippen LogP contribution is 2.21. The van der Waals surface area contributed by atoms with E-state index in [0.29, 0.717) is 25.0 Å². The Hall–Kier alpha value is -1.85. The number of nitrogens with one attached hydrogen (secondary N) is 1. The van der Waals surface area contributed by atoms with Gasteiger partial charge in [0.05, 0.1) is 13.2 Å². The Bertz CT molecular complexity index is 581. The molecule has 2 rings (SSSR count). The molecule has 0 saturated carbocycles. The van der Waals surface area contributed by atoms with Crippen LogP contribution >= 0.6 is 11.3 Å². The third kappa shape index (κ3) is 4.58. The molecule has 0 fully saturated rings. The maximum Gasteiger partial charge on any atom is 0.193 e. The van der Waals surface area contributed by atoms with Crippen LogP contribution in [-0.2, 0) is 11.3 Å². The second-order valence-electron chi connectivity index (χ2n) is 4.86. The molecule has 0 spiro atoms. The molecule has 0 bridgehead atoms. The van der Waals surface area contributed by atoms with Crippen LogP contribution in [0, 0.1) is 0 Å². The molecule has 0 aliphatic carbocycles. The normalized spacial score (nSPS) is 13.1. The third-order valence-corrected chi connectivity index (χ3v) is 4.25. The van der Waals surface area contributed by atoms with E-state index in [1.165, 1.54) is 4.88 Å². The molecule has 0 amide bonds. The number of hydrogen-bond donors (Lipinski definition) is 2. The number of para-hydroxylation sites is 1. The zero-order valence-corrected chi connectivity index (χ0v) is 13.2. The van der Waals surface area contributed by atoms with Gasteiger partial charge in [0.1, 0.15) is 0 Å². The monoisotopic (exact) mass is 303 g/mol. The van der Waals surface area contributed by atoms with Crippen molar-refractivity contribution in [2.75, 3.05) is 19.0 Å². The summed E-state index contributed by atoms with van der Waals surface area (Å²) >= 11 is 1.75. The van der Waals surface area contributed by atoms with Gasteiger partial charge in [-0.15, -0.1) is 11.3 Å². The minimum absolute atomic E-state index is 0.375. The quantitative estimate of drug-likeness (QED) is 0.635. The number of benzene rings is 1. The molecular weight excluding hydrogens is 282 g/mol. The summed E-state index contributed by atoms with van der Waals surface area (Å²) in [6.07, 6.45) is 0. The number of anilines is 1. The van der Waals surface area contributed by atoms with E-state index in [9.17, 15) is 0 Å². The maximum absolute atomic E-state index is 5.97. The summed E-state index contributed by atoms with van der Waals surface area (Å²) in [5.41, 5.74) is 7.97. The summed E-state index contributed by atoms with van der Waals surface area (Å²) in [5.74, 6) is 0.807. The van der Waals surface area contributed by atoms with Crippen molar-refractivity contribution in [2.24, 2.45) is 10.7 Å². The van der Waals surface area contributed by atoms with Crippen LogP contribution in [-0.4, -0.2) is 19.6 Å². The molecule has 1 aromatic heterocycles. The van der Waals surface area contributed by atoms with Gasteiger partial charge in [-0.1, -0.05) is 31.2 Å². The number of nitrogens with two attached hydrogens (primary N) is 1. The van der Waals surface area contributed by atoms with E-state index in [-0.39, 0.29) is 0 Å². The number of rotatable bonds is 6. The van der Waals surface area contributed by atoms with Crippen molar-refractivity contribution in [3.05, 3.63) is 52.2 Å². The van der Waals surface area contributed by atoms with Crippen LogP contribution in [0.2, 0.25) is 0 Å². The van der Waals surface area contributed by atoms with Crippen LogP contribution in [0.15, 0.2) is 46.8 Å². The number of guanidine groups is 1. The summed E-state index contributed by atoms with van der Waals surface area (Å²) < 4.78 is 5.18. The minimum atomic E-state index is 0.375. The smallest absolute Gasteiger partial charge is 0.193 e. The van der Waals surface area contributed by atoms with E-state index < -0.39 is 0 Å². The molecule has 4 nitrogen and oxygen atoms in total. The van der Waals surface area contributed by atoms with E-state index in [4.69, 9.17) is 10.5 Å². The summed E-state index contributed by atoms with van der Waals surface area (Å²) in [6.45, 7) is 3.37. The van der Waals surface area contributed by atoms with Crippen molar-refractivity contribution in [3.8, 4) is 0 Å². The van der Waals surface area contributed by atoms with Crippen molar-refractivity contribution >= 4 is 23.0 Å². The zero-order chi connectivity index (χ0) is 15.1. The van der Waals surface area contributed by atoms with Crippen LogP contribution < -0.4 is 11.1 Å². The van der Waals surface area contributed by atoms with Gasteiger partial charge in [0, 0.05) is 29.2 Å². The minimum Gasteiger partial charge on any atom is -0.380 e. The van der Waals surface area contributed by atoms with E-state index in [2.05, 4.69) is 34.7 Å². The van der Waals surface area contributed by atoms with Crippen LogP contribution in [0.3, 0.4) is 0 Å². The highest BCUT2D eigenvalue weighted by atomic mass is 32.1. The number of thiophene rings is 1. The van der Waals surface area contributed by atoms with E-state index in [1.54, 1.807) is 18.4 Å². The van der Waals surface area contributed by atoms with Gasteiger partial charge in [0.2, 0.25) is 0 Å². The predicted octanol–water partition coefficient (Wildman–Crippen LogP) is 3.42. The first-order chi connectivity index (χ1) is 10.2. The molecule has 0 aliphatic rings. The predicted molar refractivity (Wildman–Crippen MR) is 90.0 cm³/mol. The first kappa shape index (κ1) is 15.5. The van der Waals surface area contributed by atoms with Gasteiger partial charge in [0.15, 0.2) is 5.96 Å². The van der Waals surface area contributed by atoms with Crippen molar-refractivity contribution in [1.82, 2.24) is 0 Å². The van der Waals surface area contributed by atoms with Gasteiger partial charge in [-0.3, -0.25) is 4.99 Å². The lowest BCUT2D eigenvalue weighted by molar-refractivity contribution is 0.185. The topological polar surface area (TPSA) is 59.6 Å². The number of hydrogen-bond acceptors (Lipinski definition) is 3. The molecular formula is C16H21N3OS. The second-order valence-corrected chi connectivity index (χ2v) is 5.84. The average molecular weight is 303 g/mol. The first-order valence-electron chi connectivity index (χ1n) is 6.88. The van der Waals surface area contributed by atoms with E-state index in [0.717, 1.165) is 11.3 Å².